The van der Waals surface area contributed by atoms with Crippen LogP contribution in [0.4, 0.5) is 5.69 Å². The highest BCUT2D eigenvalue weighted by molar-refractivity contribution is 5.73. The summed E-state index contributed by atoms with van der Waals surface area (Å²) in [6.45, 7) is 3.39. The van der Waals surface area contributed by atoms with Crippen LogP contribution in [0.15, 0.2) is 24.3 Å². The van der Waals surface area contributed by atoms with Crippen molar-refractivity contribution in [1.82, 2.24) is 10.2 Å². The summed E-state index contributed by atoms with van der Waals surface area (Å²) in [5.74, 6) is 0. The van der Waals surface area contributed by atoms with Crippen LogP contribution >= 0.6 is 0 Å². The Balaban J connectivity index is 1.78. The topological polar surface area (TPSA) is 44.4 Å². The minimum Gasteiger partial charge on any atom is -0.328 e. The van der Waals surface area contributed by atoms with Gasteiger partial charge in [0.1, 0.15) is 0 Å². The van der Waals surface area contributed by atoms with Gasteiger partial charge in [0.05, 0.1) is 0 Å². The predicted molar refractivity (Wildman–Crippen MR) is 83.0 cm³/mol. The number of amides is 1. The largest absolute Gasteiger partial charge is 0.328 e. The molecule has 2 N–H and O–H groups in total. The SMILES string of the molecule is CN(CCCc1ccccc1NC=O)C1CCNCC1. The molecule has 1 heterocycles. The van der Waals surface area contributed by atoms with Crippen LogP contribution < -0.4 is 10.6 Å². The van der Waals surface area contributed by atoms with Gasteiger partial charge in [0.15, 0.2) is 0 Å². The fourth-order valence-corrected chi connectivity index (χ4v) is 2.89. The Bertz CT molecular complexity index is 416. The normalized spacial score (nSPS) is 16.3. The van der Waals surface area contributed by atoms with Crippen LogP contribution in [0.1, 0.15) is 24.8 Å². The Labute approximate surface area is 121 Å². The van der Waals surface area contributed by atoms with Gasteiger partial charge in [0.2, 0.25) is 6.41 Å². The van der Waals surface area contributed by atoms with Crippen LogP contribution in [-0.4, -0.2) is 44.0 Å². The first-order chi connectivity index (χ1) is 9.81. The number of nitrogens with one attached hydrogen (secondary N) is 2. The second-order valence-electron chi connectivity index (χ2n) is 5.48. The van der Waals surface area contributed by atoms with E-state index in [1.165, 1.54) is 18.4 Å². The van der Waals surface area contributed by atoms with Crippen LogP contribution in [0.5, 0.6) is 0 Å². The summed E-state index contributed by atoms with van der Waals surface area (Å²) in [4.78, 5) is 13.1. The molecule has 1 aromatic rings. The van der Waals surface area contributed by atoms with Gasteiger partial charge < -0.3 is 15.5 Å². The second-order valence-corrected chi connectivity index (χ2v) is 5.48. The number of hydrogen-bond donors (Lipinski definition) is 2. The first-order valence-electron chi connectivity index (χ1n) is 7.50. The number of benzene rings is 1. The Morgan fingerprint density at radius 3 is 2.85 bits per heavy atom. The fraction of sp³-hybridized carbons (Fsp3) is 0.562. The third-order valence-electron chi connectivity index (χ3n) is 4.12. The summed E-state index contributed by atoms with van der Waals surface area (Å²) >= 11 is 0. The molecule has 20 heavy (non-hydrogen) atoms. The number of anilines is 1. The summed E-state index contributed by atoms with van der Waals surface area (Å²) in [5, 5.41) is 6.18. The zero-order chi connectivity index (χ0) is 14.2. The Kier molecular flexibility index (Phi) is 6.02. The number of piperidine rings is 1. The van der Waals surface area contributed by atoms with Gasteiger partial charge >= 0.3 is 0 Å². The molecule has 1 saturated heterocycles. The van der Waals surface area contributed by atoms with Gasteiger partial charge in [-0.25, -0.2) is 0 Å². The Hall–Kier alpha value is -1.39. The van der Waals surface area contributed by atoms with Crippen molar-refractivity contribution in [3.05, 3.63) is 29.8 Å². The Morgan fingerprint density at radius 1 is 1.35 bits per heavy atom. The molecule has 1 aromatic carbocycles. The molecule has 2 rings (SSSR count). The van der Waals surface area contributed by atoms with E-state index in [1.54, 1.807) is 0 Å². The van der Waals surface area contributed by atoms with E-state index in [9.17, 15) is 4.79 Å². The van der Waals surface area contributed by atoms with Gasteiger partial charge in [-0.1, -0.05) is 18.2 Å². The van der Waals surface area contributed by atoms with Crippen molar-refractivity contribution in [3.63, 3.8) is 0 Å². The van der Waals surface area contributed by atoms with Crippen LogP contribution in [0.3, 0.4) is 0 Å². The monoisotopic (exact) mass is 275 g/mol. The molecule has 1 aliphatic heterocycles. The number of carbonyl (C=O) groups is 1. The molecule has 0 unspecified atom stereocenters. The lowest BCUT2D eigenvalue weighted by atomic mass is 10.0. The maximum atomic E-state index is 10.6. The molecule has 4 nitrogen and oxygen atoms in total. The van der Waals surface area contributed by atoms with Gasteiger partial charge in [0, 0.05) is 11.7 Å². The zero-order valence-electron chi connectivity index (χ0n) is 12.3. The van der Waals surface area contributed by atoms with Gasteiger partial charge in [-0.15, -0.1) is 0 Å². The molecule has 0 atom stereocenters. The summed E-state index contributed by atoms with van der Waals surface area (Å²) < 4.78 is 0. The van der Waals surface area contributed by atoms with Crippen LogP contribution in [-0.2, 0) is 11.2 Å². The molecule has 1 aliphatic rings. The van der Waals surface area contributed by atoms with E-state index in [4.69, 9.17) is 0 Å². The number of hydrogen-bond acceptors (Lipinski definition) is 3. The highest BCUT2D eigenvalue weighted by Crippen LogP contribution is 2.17. The van der Waals surface area contributed by atoms with Crippen molar-refractivity contribution in [2.24, 2.45) is 0 Å². The molecule has 4 heteroatoms. The molecule has 0 radical (unpaired) electrons. The first kappa shape index (κ1) is 15.0. The standard InChI is InChI=1S/C16H25N3O/c1-19(15-8-10-17-11-9-15)12-4-6-14-5-2-3-7-16(14)18-13-20/h2-3,5,7,13,15,17H,4,6,8-12H2,1H3,(H,18,20). The maximum absolute atomic E-state index is 10.6. The van der Waals surface area contributed by atoms with Crippen molar-refractivity contribution in [3.8, 4) is 0 Å². The van der Waals surface area contributed by atoms with Crippen LogP contribution in [0.2, 0.25) is 0 Å². The first-order valence-corrected chi connectivity index (χ1v) is 7.50. The molecule has 0 spiro atoms. The second kappa shape index (κ2) is 8.02. The molecule has 1 amide bonds. The molecular formula is C16H25N3O. The highest BCUT2D eigenvalue weighted by atomic mass is 16.1. The zero-order valence-corrected chi connectivity index (χ0v) is 12.3. The third kappa shape index (κ3) is 4.32. The predicted octanol–water partition coefficient (Wildman–Crippen LogP) is 1.87. The van der Waals surface area contributed by atoms with E-state index >= 15 is 0 Å². The molecule has 0 aromatic heterocycles. The lowest BCUT2D eigenvalue weighted by molar-refractivity contribution is -0.105. The molecule has 0 aliphatic carbocycles. The van der Waals surface area contributed by atoms with E-state index in [0.717, 1.165) is 50.6 Å². The fourth-order valence-electron chi connectivity index (χ4n) is 2.89. The summed E-state index contributed by atoms with van der Waals surface area (Å²) in [6.07, 6.45) is 5.38. The Morgan fingerprint density at radius 2 is 2.10 bits per heavy atom. The maximum Gasteiger partial charge on any atom is 0.211 e. The number of para-hydroxylation sites is 1. The third-order valence-corrected chi connectivity index (χ3v) is 4.12. The van der Waals surface area contributed by atoms with Crippen LogP contribution in [0.25, 0.3) is 0 Å². The summed E-state index contributed by atoms with van der Waals surface area (Å²) in [7, 11) is 2.23. The summed E-state index contributed by atoms with van der Waals surface area (Å²) in [6, 6.07) is 8.76. The summed E-state index contributed by atoms with van der Waals surface area (Å²) in [5.41, 5.74) is 2.16. The molecule has 0 saturated carbocycles. The van der Waals surface area contributed by atoms with Crippen molar-refractivity contribution >= 4 is 12.1 Å². The number of nitrogens with zero attached hydrogens (tertiary/aromatic N) is 1. The van der Waals surface area contributed by atoms with E-state index in [-0.39, 0.29) is 0 Å². The lowest BCUT2D eigenvalue weighted by Crippen LogP contribution is -2.41. The molecule has 1 fully saturated rings. The van der Waals surface area contributed by atoms with Crippen molar-refractivity contribution < 1.29 is 4.79 Å². The minimum atomic E-state index is 0.722. The van der Waals surface area contributed by atoms with Gasteiger partial charge in [0.25, 0.3) is 0 Å². The van der Waals surface area contributed by atoms with Crippen molar-refractivity contribution in [2.45, 2.75) is 31.7 Å². The highest BCUT2D eigenvalue weighted by Gasteiger charge is 2.17. The molecule has 0 bridgehead atoms. The number of rotatable bonds is 7. The molecule has 110 valence electrons. The van der Waals surface area contributed by atoms with Crippen LogP contribution in [0, 0.1) is 0 Å². The van der Waals surface area contributed by atoms with Gasteiger partial charge in [-0.3, -0.25) is 4.79 Å². The van der Waals surface area contributed by atoms with E-state index in [2.05, 4.69) is 28.6 Å². The minimum absolute atomic E-state index is 0.722. The van der Waals surface area contributed by atoms with Gasteiger partial charge in [-0.2, -0.15) is 0 Å². The van der Waals surface area contributed by atoms with E-state index < -0.39 is 0 Å². The van der Waals surface area contributed by atoms with Crippen molar-refractivity contribution in [1.29, 1.82) is 0 Å². The van der Waals surface area contributed by atoms with Gasteiger partial charge in [-0.05, 0) is 64.0 Å². The average molecular weight is 275 g/mol. The smallest absolute Gasteiger partial charge is 0.211 e. The number of aryl methyl sites for hydroxylation is 1. The average Bonchev–Trinajstić information content (AvgIpc) is 2.50. The number of carbonyl (C=O) groups excluding carboxylic acids is 1. The molecular weight excluding hydrogens is 250 g/mol. The lowest BCUT2D eigenvalue weighted by Gasteiger charge is -2.31. The van der Waals surface area contributed by atoms with E-state index in [0.29, 0.717) is 0 Å². The quantitative estimate of drug-likeness (QED) is 0.747. The van der Waals surface area contributed by atoms with E-state index in [1.807, 2.05) is 18.2 Å². The van der Waals surface area contributed by atoms with Crippen molar-refractivity contribution in [2.75, 3.05) is 32.0 Å².